The van der Waals surface area contributed by atoms with E-state index < -0.39 is 0 Å². The number of nitrogens with zero attached hydrogens (tertiary/aromatic N) is 2. The molecule has 1 unspecified atom stereocenters. The zero-order valence-corrected chi connectivity index (χ0v) is 14.3. The van der Waals surface area contributed by atoms with Crippen molar-refractivity contribution in [2.24, 2.45) is 0 Å². The molecule has 0 radical (unpaired) electrons. The van der Waals surface area contributed by atoms with Gasteiger partial charge in [0, 0.05) is 37.8 Å². The molecule has 0 bridgehead atoms. The monoisotopic (exact) mass is 330 g/mol. The van der Waals surface area contributed by atoms with Crippen molar-refractivity contribution < 1.29 is 4.74 Å². The molecule has 2 aliphatic heterocycles. The standard InChI is InChI=1S/C22H22N2O/c1-2-7-18(8-3-1)15-23-14-12-22(17-23)21-11-6-13-24(21)16-19-9-4-5-10-20(19)25-22/h1-11,13H,12,14-17H2. The van der Waals surface area contributed by atoms with Crippen LogP contribution in [-0.4, -0.2) is 22.6 Å². The molecule has 3 heteroatoms. The highest BCUT2D eigenvalue weighted by molar-refractivity contribution is 5.38. The minimum absolute atomic E-state index is 0.245. The van der Waals surface area contributed by atoms with Gasteiger partial charge in [-0.2, -0.15) is 0 Å². The van der Waals surface area contributed by atoms with Gasteiger partial charge in [-0.05, 0) is 23.8 Å². The summed E-state index contributed by atoms with van der Waals surface area (Å²) in [5, 5.41) is 0. The molecule has 5 rings (SSSR count). The average Bonchev–Trinajstić information content (AvgIpc) is 3.23. The molecule has 25 heavy (non-hydrogen) atoms. The Hall–Kier alpha value is -2.52. The highest BCUT2D eigenvalue weighted by Gasteiger charge is 2.45. The Bertz CT molecular complexity index is 886. The SMILES string of the molecule is c1ccc(CN2CCC3(C2)Oc2ccccc2Cn2cccc23)cc1. The van der Waals surface area contributed by atoms with E-state index in [-0.39, 0.29) is 5.60 Å². The van der Waals surface area contributed by atoms with E-state index in [9.17, 15) is 0 Å². The molecule has 0 aliphatic carbocycles. The van der Waals surface area contributed by atoms with Crippen LogP contribution in [0.3, 0.4) is 0 Å². The summed E-state index contributed by atoms with van der Waals surface area (Å²) in [7, 11) is 0. The lowest BCUT2D eigenvalue weighted by atomic mass is 9.98. The van der Waals surface area contributed by atoms with Crippen LogP contribution in [0.1, 0.15) is 23.2 Å². The van der Waals surface area contributed by atoms with Crippen molar-refractivity contribution in [1.82, 2.24) is 9.47 Å². The van der Waals surface area contributed by atoms with E-state index in [0.29, 0.717) is 0 Å². The molecule has 3 nitrogen and oxygen atoms in total. The largest absolute Gasteiger partial charge is 0.479 e. The molecule has 1 fully saturated rings. The maximum Gasteiger partial charge on any atom is 0.162 e. The molecule has 1 aromatic heterocycles. The predicted molar refractivity (Wildman–Crippen MR) is 98.6 cm³/mol. The van der Waals surface area contributed by atoms with Crippen molar-refractivity contribution in [2.75, 3.05) is 13.1 Å². The van der Waals surface area contributed by atoms with Gasteiger partial charge in [0.15, 0.2) is 5.60 Å². The van der Waals surface area contributed by atoms with Gasteiger partial charge in [-0.25, -0.2) is 0 Å². The van der Waals surface area contributed by atoms with Crippen LogP contribution in [0.15, 0.2) is 72.9 Å². The zero-order valence-electron chi connectivity index (χ0n) is 14.3. The zero-order chi connectivity index (χ0) is 16.7. The molecule has 0 amide bonds. The molecule has 3 heterocycles. The van der Waals surface area contributed by atoms with E-state index in [1.165, 1.54) is 16.8 Å². The molecule has 0 saturated carbocycles. The fraction of sp³-hybridized carbons (Fsp3) is 0.273. The Kier molecular flexibility index (Phi) is 3.42. The second-order valence-electron chi connectivity index (χ2n) is 7.17. The van der Waals surface area contributed by atoms with Crippen LogP contribution in [-0.2, 0) is 18.7 Å². The Labute approximate surface area is 148 Å². The summed E-state index contributed by atoms with van der Waals surface area (Å²) in [5.41, 5.74) is 3.69. The first-order valence-electron chi connectivity index (χ1n) is 9.01. The van der Waals surface area contributed by atoms with Crippen LogP contribution >= 0.6 is 0 Å². The highest BCUT2D eigenvalue weighted by atomic mass is 16.5. The summed E-state index contributed by atoms with van der Waals surface area (Å²) < 4.78 is 9.05. The Morgan fingerprint density at radius 2 is 1.76 bits per heavy atom. The van der Waals surface area contributed by atoms with Gasteiger partial charge in [-0.3, -0.25) is 4.90 Å². The number of para-hydroxylation sites is 1. The highest BCUT2D eigenvalue weighted by Crippen LogP contribution is 2.41. The molecule has 1 spiro atoms. The Morgan fingerprint density at radius 1 is 0.920 bits per heavy atom. The maximum atomic E-state index is 6.70. The number of fused-ring (bicyclic) bond motifs is 3. The van der Waals surface area contributed by atoms with Crippen molar-refractivity contribution in [3.63, 3.8) is 0 Å². The third kappa shape index (κ3) is 2.56. The van der Waals surface area contributed by atoms with Gasteiger partial charge in [0.2, 0.25) is 0 Å². The third-order valence-corrected chi connectivity index (χ3v) is 5.47. The fourth-order valence-electron chi connectivity index (χ4n) is 4.27. The summed E-state index contributed by atoms with van der Waals surface area (Å²) in [6.45, 7) is 3.86. The van der Waals surface area contributed by atoms with Crippen LogP contribution in [0.4, 0.5) is 0 Å². The summed E-state index contributed by atoms with van der Waals surface area (Å²) in [5.74, 6) is 1.03. The maximum absolute atomic E-state index is 6.70. The molecule has 0 N–H and O–H groups in total. The van der Waals surface area contributed by atoms with E-state index in [2.05, 4.69) is 82.4 Å². The van der Waals surface area contributed by atoms with Crippen LogP contribution in [0, 0.1) is 0 Å². The van der Waals surface area contributed by atoms with Gasteiger partial charge in [0.25, 0.3) is 0 Å². The molecule has 126 valence electrons. The second kappa shape index (κ2) is 5.78. The minimum Gasteiger partial charge on any atom is -0.479 e. The lowest BCUT2D eigenvalue weighted by molar-refractivity contribution is 0.0694. The van der Waals surface area contributed by atoms with Crippen molar-refractivity contribution in [1.29, 1.82) is 0 Å². The lowest BCUT2D eigenvalue weighted by Crippen LogP contribution is -2.37. The summed E-state index contributed by atoms with van der Waals surface area (Å²) in [4.78, 5) is 2.51. The van der Waals surface area contributed by atoms with Gasteiger partial charge >= 0.3 is 0 Å². The number of aromatic nitrogens is 1. The molecule has 1 atom stereocenters. The first-order valence-corrected chi connectivity index (χ1v) is 9.01. The quantitative estimate of drug-likeness (QED) is 0.706. The van der Waals surface area contributed by atoms with Crippen LogP contribution in [0.5, 0.6) is 5.75 Å². The first-order chi connectivity index (χ1) is 12.3. The van der Waals surface area contributed by atoms with Crippen molar-refractivity contribution in [3.8, 4) is 5.75 Å². The van der Waals surface area contributed by atoms with Crippen molar-refractivity contribution in [3.05, 3.63) is 89.7 Å². The fourth-order valence-corrected chi connectivity index (χ4v) is 4.27. The van der Waals surface area contributed by atoms with Crippen LogP contribution < -0.4 is 4.74 Å². The summed E-state index contributed by atoms with van der Waals surface area (Å²) >= 11 is 0. The van der Waals surface area contributed by atoms with Gasteiger partial charge in [0.05, 0.1) is 12.2 Å². The average molecular weight is 330 g/mol. The van der Waals surface area contributed by atoms with E-state index in [1.54, 1.807) is 0 Å². The number of hydrogen-bond donors (Lipinski definition) is 0. The Balaban J connectivity index is 1.48. The first kappa shape index (κ1) is 14.8. The number of benzene rings is 2. The topological polar surface area (TPSA) is 17.4 Å². The number of likely N-dealkylation sites (tertiary alicyclic amines) is 1. The summed E-state index contributed by atoms with van der Waals surface area (Å²) in [6, 6.07) is 23.6. The number of hydrogen-bond acceptors (Lipinski definition) is 2. The van der Waals surface area contributed by atoms with E-state index in [4.69, 9.17) is 4.74 Å². The van der Waals surface area contributed by atoms with Crippen molar-refractivity contribution in [2.45, 2.75) is 25.1 Å². The van der Waals surface area contributed by atoms with Crippen LogP contribution in [0.2, 0.25) is 0 Å². The minimum atomic E-state index is -0.245. The third-order valence-electron chi connectivity index (χ3n) is 5.47. The molecular weight excluding hydrogens is 308 g/mol. The molecular formula is C22H22N2O. The number of rotatable bonds is 2. The van der Waals surface area contributed by atoms with Gasteiger partial charge in [0.1, 0.15) is 5.75 Å². The molecule has 3 aromatic rings. The van der Waals surface area contributed by atoms with Gasteiger partial charge in [-0.15, -0.1) is 0 Å². The predicted octanol–water partition coefficient (Wildman–Crippen LogP) is 4.03. The molecule has 2 aromatic carbocycles. The van der Waals surface area contributed by atoms with Gasteiger partial charge < -0.3 is 9.30 Å². The van der Waals surface area contributed by atoms with Gasteiger partial charge in [-0.1, -0.05) is 48.5 Å². The molecule has 1 saturated heterocycles. The lowest BCUT2D eigenvalue weighted by Gasteiger charge is -2.30. The van der Waals surface area contributed by atoms with E-state index in [1.807, 2.05) is 0 Å². The van der Waals surface area contributed by atoms with Crippen molar-refractivity contribution >= 4 is 0 Å². The smallest absolute Gasteiger partial charge is 0.162 e. The van der Waals surface area contributed by atoms with E-state index in [0.717, 1.165) is 38.3 Å². The number of ether oxygens (including phenoxy) is 1. The normalized spacial score (nSPS) is 22.2. The van der Waals surface area contributed by atoms with Crippen LogP contribution in [0.25, 0.3) is 0 Å². The summed E-state index contributed by atoms with van der Waals surface area (Å²) in [6.07, 6.45) is 3.21. The molecule has 2 aliphatic rings. The Morgan fingerprint density at radius 3 is 2.68 bits per heavy atom. The van der Waals surface area contributed by atoms with E-state index >= 15 is 0 Å². The second-order valence-corrected chi connectivity index (χ2v) is 7.17.